The summed E-state index contributed by atoms with van der Waals surface area (Å²) >= 11 is 0. The molecule has 1 saturated heterocycles. The standard InChI is InChI=1S/C15H18O5/c1-7-6-11(17)13(18)12(7)14-10(5-4-8(2)16)9(3)15(19)20-14/h6,10-12,14,17H,3-5H2,1-2H3/t10-,11+,12+,14?/m0/s1. The minimum atomic E-state index is -1.14. The van der Waals surface area contributed by atoms with Gasteiger partial charge in [0, 0.05) is 17.9 Å². The highest BCUT2D eigenvalue weighted by Gasteiger charge is 2.48. The third-order valence-corrected chi connectivity index (χ3v) is 3.99. The number of rotatable bonds is 4. The molecule has 1 unspecified atom stereocenters. The molecule has 2 aliphatic rings. The monoisotopic (exact) mass is 278 g/mol. The Morgan fingerprint density at radius 3 is 2.60 bits per heavy atom. The van der Waals surface area contributed by atoms with E-state index >= 15 is 0 Å². The normalized spacial score (nSPS) is 33.4. The molecule has 20 heavy (non-hydrogen) atoms. The number of hydrogen-bond acceptors (Lipinski definition) is 5. The number of cyclic esters (lactones) is 1. The van der Waals surface area contributed by atoms with Crippen LogP contribution in [0.4, 0.5) is 0 Å². The first kappa shape index (κ1) is 14.7. The van der Waals surface area contributed by atoms with Crippen molar-refractivity contribution in [1.29, 1.82) is 0 Å². The third-order valence-electron chi connectivity index (χ3n) is 3.99. The molecule has 0 amide bonds. The molecule has 0 spiro atoms. The maximum absolute atomic E-state index is 12.0. The second-order valence-electron chi connectivity index (χ2n) is 5.48. The van der Waals surface area contributed by atoms with Crippen molar-refractivity contribution in [2.75, 3.05) is 0 Å². The van der Waals surface area contributed by atoms with Crippen LogP contribution in [0.3, 0.4) is 0 Å². The highest BCUT2D eigenvalue weighted by molar-refractivity contribution is 5.96. The van der Waals surface area contributed by atoms with Gasteiger partial charge in [-0.2, -0.15) is 0 Å². The Hall–Kier alpha value is -1.75. The van der Waals surface area contributed by atoms with Gasteiger partial charge >= 0.3 is 5.97 Å². The Morgan fingerprint density at radius 1 is 1.45 bits per heavy atom. The number of aliphatic hydroxyl groups excluding tert-OH is 1. The Morgan fingerprint density at radius 2 is 2.10 bits per heavy atom. The molecule has 0 radical (unpaired) electrons. The lowest BCUT2D eigenvalue weighted by atomic mass is 9.81. The van der Waals surface area contributed by atoms with E-state index in [1.165, 1.54) is 13.0 Å². The van der Waals surface area contributed by atoms with Crippen LogP contribution in [0, 0.1) is 11.8 Å². The molecule has 5 heteroatoms. The van der Waals surface area contributed by atoms with Crippen LogP contribution in [-0.4, -0.2) is 34.9 Å². The number of Topliss-reactive ketones (excluding diaryl/α,β-unsaturated/α-hetero) is 2. The number of ketones is 2. The van der Waals surface area contributed by atoms with Crippen molar-refractivity contribution in [3.8, 4) is 0 Å². The van der Waals surface area contributed by atoms with Gasteiger partial charge in [0.2, 0.25) is 0 Å². The second-order valence-corrected chi connectivity index (χ2v) is 5.48. The molecule has 0 saturated carbocycles. The largest absolute Gasteiger partial charge is 0.457 e. The summed E-state index contributed by atoms with van der Waals surface area (Å²) in [4.78, 5) is 34.8. The maximum Gasteiger partial charge on any atom is 0.334 e. The Labute approximate surface area is 117 Å². The molecule has 1 N–H and O–H groups in total. The van der Waals surface area contributed by atoms with Crippen LogP contribution in [0.25, 0.3) is 0 Å². The number of hydrogen-bond donors (Lipinski definition) is 1. The van der Waals surface area contributed by atoms with E-state index in [4.69, 9.17) is 4.74 Å². The van der Waals surface area contributed by atoms with E-state index in [0.29, 0.717) is 24.0 Å². The van der Waals surface area contributed by atoms with Crippen LogP contribution in [-0.2, 0) is 19.1 Å². The lowest BCUT2D eigenvalue weighted by Crippen LogP contribution is -2.34. The Bertz CT molecular complexity index is 516. The number of ether oxygens (including phenoxy) is 1. The van der Waals surface area contributed by atoms with E-state index in [2.05, 4.69) is 6.58 Å². The van der Waals surface area contributed by atoms with Gasteiger partial charge in [-0.25, -0.2) is 4.79 Å². The molecular formula is C15H18O5. The fourth-order valence-electron chi connectivity index (χ4n) is 2.89. The average molecular weight is 278 g/mol. The van der Waals surface area contributed by atoms with E-state index in [1.807, 2.05) is 0 Å². The van der Waals surface area contributed by atoms with Gasteiger partial charge in [-0.1, -0.05) is 12.2 Å². The molecule has 0 aromatic carbocycles. The first-order valence-electron chi connectivity index (χ1n) is 6.62. The molecule has 2 rings (SSSR count). The molecule has 1 fully saturated rings. The van der Waals surface area contributed by atoms with Crippen LogP contribution >= 0.6 is 0 Å². The van der Waals surface area contributed by atoms with Crippen molar-refractivity contribution in [2.45, 2.75) is 38.9 Å². The summed E-state index contributed by atoms with van der Waals surface area (Å²) in [5, 5.41) is 9.59. The Balaban J connectivity index is 2.22. The molecule has 108 valence electrons. The Kier molecular flexibility index (Phi) is 3.90. The van der Waals surface area contributed by atoms with E-state index in [-0.39, 0.29) is 17.5 Å². The van der Waals surface area contributed by atoms with Gasteiger partial charge in [0.15, 0.2) is 5.78 Å². The minimum Gasteiger partial charge on any atom is -0.457 e. The maximum atomic E-state index is 12.0. The number of carbonyl (C=O) groups is 3. The van der Waals surface area contributed by atoms with E-state index < -0.39 is 24.1 Å². The van der Waals surface area contributed by atoms with E-state index in [1.54, 1.807) is 6.92 Å². The van der Waals surface area contributed by atoms with Crippen LogP contribution in [0.15, 0.2) is 23.8 Å². The summed E-state index contributed by atoms with van der Waals surface area (Å²) in [7, 11) is 0. The fraction of sp³-hybridized carbons (Fsp3) is 0.533. The fourth-order valence-corrected chi connectivity index (χ4v) is 2.89. The lowest BCUT2D eigenvalue weighted by Gasteiger charge is -2.23. The summed E-state index contributed by atoms with van der Waals surface area (Å²) in [5.41, 5.74) is 1.00. The minimum absolute atomic E-state index is 0.0148. The van der Waals surface area contributed by atoms with Gasteiger partial charge in [-0.05, 0) is 26.3 Å². The zero-order valence-corrected chi connectivity index (χ0v) is 11.6. The van der Waals surface area contributed by atoms with Crippen LogP contribution in [0.5, 0.6) is 0 Å². The highest BCUT2D eigenvalue weighted by atomic mass is 16.6. The number of carbonyl (C=O) groups excluding carboxylic acids is 3. The molecule has 4 atom stereocenters. The highest BCUT2D eigenvalue weighted by Crippen LogP contribution is 2.40. The first-order chi connectivity index (χ1) is 9.32. The first-order valence-corrected chi connectivity index (χ1v) is 6.62. The van der Waals surface area contributed by atoms with Crippen molar-refractivity contribution in [3.63, 3.8) is 0 Å². The molecule has 0 aromatic heterocycles. The van der Waals surface area contributed by atoms with Gasteiger partial charge in [0.1, 0.15) is 18.0 Å². The summed E-state index contributed by atoms with van der Waals surface area (Å²) < 4.78 is 5.27. The molecular weight excluding hydrogens is 260 g/mol. The predicted octanol–water partition coefficient (Wildman–Crippen LogP) is 0.959. The summed E-state index contributed by atoms with van der Waals surface area (Å²) in [6, 6.07) is 0. The topological polar surface area (TPSA) is 80.7 Å². The SMILES string of the molecule is C=C1C(=O)OC([C@H]2C(=O)[C@H](O)C=C2C)[C@H]1CCC(C)=O. The van der Waals surface area contributed by atoms with Crippen LogP contribution in [0.1, 0.15) is 26.7 Å². The summed E-state index contributed by atoms with van der Waals surface area (Å²) in [5.74, 6) is -1.85. The predicted molar refractivity (Wildman–Crippen MR) is 70.7 cm³/mol. The van der Waals surface area contributed by atoms with Gasteiger partial charge in [0.05, 0.1) is 5.92 Å². The number of aliphatic hydroxyl groups is 1. The number of esters is 1. The third kappa shape index (κ3) is 2.45. The molecule has 5 nitrogen and oxygen atoms in total. The van der Waals surface area contributed by atoms with Crippen molar-refractivity contribution in [3.05, 3.63) is 23.8 Å². The van der Waals surface area contributed by atoms with Crippen molar-refractivity contribution in [1.82, 2.24) is 0 Å². The molecule has 1 aliphatic heterocycles. The zero-order chi connectivity index (χ0) is 15.0. The van der Waals surface area contributed by atoms with Gasteiger partial charge in [-0.15, -0.1) is 0 Å². The summed E-state index contributed by atoms with van der Waals surface area (Å²) in [6.07, 6.45) is 0.418. The van der Waals surface area contributed by atoms with Crippen molar-refractivity contribution >= 4 is 17.5 Å². The van der Waals surface area contributed by atoms with Crippen molar-refractivity contribution < 1.29 is 24.2 Å². The molecule has 0 aromatic rings. The smallest absolute Gasteiger partial charge is 0.334 e. The van der Waals surface area contributed by atoms with E-state index in [9.17, 15) is 19.5 Å². The van der Waals surface area contributed by atoms with E-state index in [0.717, 1.165) is 0 Å². The molecule has 0 bridgehead atoms. The van der Waals surface area contributed by atoms with Gasteiger partial charge in [-0.3, -0.25) is 4.79 Å². The van der Waals surface area contributed by atoms with Crippen molar-refractivity contribution in [2.24, 2.45) is 11.8 Å². The summed E-state index contributed by atoms with van der Waals surface area (Å²) in [6.45, 7) is 6.92. The molecule has 1 aliphatic carbocycles. The van der Waals surface area contributed by atoms with Gasteiger partial charge < -0.3 is 14.6 Å². The van der Waals surface area contributed by atoms with Gasteiger partial charge in [0.25, 0.3) is 0 Å². The second kappa shape index (κ2) is 5.32. The average Bonchev–Trinajstić information content (AvgIpc) is 2.76. The quantitative estimate of drug-likeness (QED) is 0.470. The molecule has 1 heterocycles. The lowest BCUT2D eigenvalue weighted by molar-refractivity contribution is -0.143. The van der Waals surface area contributed by atoms with Crippen LogP contribution < -0.4 is 0 Å². The zero-order valence-electron chi connectivity index (χ0n) is 11.6. The van der Waals surface area contributed by atoms with Crippen LogP contribution in [0.2, 0.25) is 0 Å².